The normalized spacial score (nSPS) is 10.6. The van der Waals surface area contributed by atoms with Gasteiger partial charge in [0, 0.05) is 13.2 Å². The Balaban J connectivity index is 2.51. The third-order valence-electron chi connectivity index (χ3n) is 1.60. The van der Waals surface area contributed by atoms with Gasteiger partial charge in [0.1, 0.15) is 0 Å². The van der Waals surface area contributed by atoms with Gasteiger partial charge in [0.05, 0.1) is 23.1 Å². The van der Waals surface area contributed by atoms with Gasteiger partial charge < -0.3 is 5.73 Å². The van der Waals surface area contributed by atoms with Crippen LogP contribution in [0.25, 0.3) is 5.82 Å². The van der Waals surface area contributed by atoms with Crippen molar-refractivity contribution in [1.82, 2.24) is 19.6 Å². The fourth-order valence-electron chi connectivity index (χ4n) is 1.09. The molecule has 2 aromatic rings. The van der Waals surface area contributed by atoms with Gasteiger partial charge in [0.25, 0.3) is 0 Å². The summed E-state index contributed by atoms with van der Waals surface area (Å²) in [6.45, 7) is 0. The lowest BCUT2D eigenvalue weighted by atomic mass is 10.5. The molecule has 0 bridgehead atoms. The van der Waals surface area contributed by atoms with Crippen LogP contribution in [0.15, 0.2) is 18.6 Å². The number of nitrogens with two attached hydrogens (primary N) is 1. The first-order valence-corrected chi connectivity index (χ1v) is 4.04. The molecule has 13 heavy (non-hydrogen) atoms. The highest BCUT2D eigenvalue weighted by molar-refractivity contribution is 6.30. The van der Waals surface area contributed by atoms with E-state index in [0.717, 1.165) is 0 Å². The zero-order valence-corrected chi connectivity index (χ0v) is 7.73. The molecule has 2 heterocycles. The average Bonchev–Trinajstić information content (AvgIpc) is 2.58. The van der Waals surface area contributed by atoms with Crippen LogP contribution in [-0.2, 0) is 7.05 Å². The van der Waals surface area contributed by atoms with E-state index in [-0.39, 0.29) is 0 Å². The fourth-order valence-corrected chi connectivity index (χ4v) is 1.23. The Kier molecular flexibility index (Phi) is 1.73. The SMILES string of the molecule is Cn1cc(N)c(-n2cc(Cl)cn2)n1. The standard InChI is InChI=1S/C7H8ClN5/c1-12-4-6(9)7(11-12)13-3-5(8)2-10-13/h2-4H,9H2,1H3. The Morgan fingerprint density at radius 3 is 2.69 bits per heavy atom. The molecule has 0 aliphatic carbocycles. The fraction of sp³-hybridized carbons (Fsp3) is 0.143. The molecule has 2 N–H and O–H groups in total. The van der Waals surface area contributed by atoms with E-state index in [4.69, 9.17) is 17.3 Å². The van der Waals surface area contributed by atoms with Crippen molar-refractivity contribution in [2.75, 3.05) is 5.73 Å². The van der Waals surface area contributed by atoms with E-state index in [1.807, 2.05) is 0 Å². The highest BCUT2D eigenvalue weighted by Crippen LogP contribution is 2.15. The minimum absolute atomic E-state index is 0.560. The number of nitrogen functional groups attached to an aromatic ring is 1. The predicted octanol–water partition coefficient (Wildman–Crippen LogP) is 0.841. The second kappa shape index (κ2) is 2.77. The monoisotopic (exact) mass is 197 g/mol. The third-order valence-corrected chi connectivity index (χ3v) is 1.80. The highest BCUT2D eigenvalue weighted by Gasteiger charge is 2.07. The van der Waals surface area contributed by atoms with Crippen LogP contribution in [0.3, 0.4) is 0 Å². The van der Waals surface area contributed by atoms with Gasteiger partial charge in [0.15, 0.2) is 5.82 Å². The van der Waals surface area contributed by atoms with Gasteiger partial charge in [-0.2, -0.15) is 10.2 Å². The van der Waals surface area contributed by atoms with Crippen LogP contribution in [0.5, 0.6) is 0 Å². The number of halogens is 1. The predicted molar refractivity (Wildman–Crippen MR) is 49.8 cm³/mol. The Labute approximate surface area is 79.7 Å². The first-order chi connectivity index (χ1) is 6.16. The van der Waals surface area contributed by atoms with Gasteiger partial charge in [-0.1, -0.05) is 11.6 Å². The van der Waals surface area contributed by atoms with E-state index in [2.05, 4.69) is 10.2 Å². The minimum atomic E-state index is 0.560. The first kappa shape index (κ1) is 8.12. The van der Waals surface area contributed by atoms with Crippen LogP contribution < -0.4 is 5.73 Å². The van der Waals surface area contributed by atoms with Gasteiger partial charge in [-0.25, -0.2) is 4.68 Å². The summed E-state index contributed by atoms with van der Waals surface area (Å²) < 4.78 is 3.16. The van der Waals surface area contributed by atoms with Crippen LogP contribution >= 0.6 is 11.6 Å². The molecule has 0 unspecified atom stereocenters. The number of aromatic nitrogens is 4. The molecule has 0 atom stereocenters. The van der Waals surface area contributed by atoms with Crippen LogP contribution in [0.2, 0.25) is 5.02 Å². The van der Waals surface area contributed by atoms with Crippen molar-refractivity contribution in [3.05, 3.63) is 23.6 Å². The summed E-state index contributed by atoms with van der Waals surface area (Å²) in [5.41, 5.74) is 6.27. The van der Waals surface area contributed by atoms with Crippen molar-refractivity contribution in [1.29, 1.82) is 0 Å². The lowest BCUT2D eigenvalue weighted by molar-refractivity contribution is 0.731. The molecular formula is C7H8ClN5. The van der Waals surface area contributed by atoms with E-state index >= 15 is 0 Å². The summed E-state index contributed by atoms with van der Waals surface area (Å²) in [5, 5.41) is 8.68. The van der Waals surface area contributed by atoms with Crippen molar-refractivity contribution in [2.45, 2.75) is 0 Å². The molecule has 0 aliphatic heterocycles. The molecule has 0 spiro atoms. The summed E-state index contributed by atoms with van der Waals surface area (Å²) in [4.78, 5) is 0. The minimum Gasteiger partial charge on any atom is -0.394 e. The van der Waals surface area contributed by atoms with E-state index < -0.39 is 0 Å². The second-order valence-electron chi connectivity index (χ2n) is 2.68. The Morgan fingerprint density at radius 1 is 1.46 bits per heavy atom. The molecule has 0 saturated carbocycles. The number of nitrogens with zero attached hydrogens (tertiary/aromatic N) is 4. The molecule has 2 rings (SSSR count). The van der Waals surface area contributed by atoms with E-state index in [0.29, 0.717) is 16.5 Å². The smallest absolute Gasteiger partial charge is 0.198 e. The summed E-state index contributed by atoms with van der Waals surface area (Å²) in [5.74, 6) is 0.592. The molecule has 0 saturated heterocycles. The molecule has 0 amide bonds. The number of hydrogen-bond acceptors (Lipinski definition) is 3. The second-order valence-corrected chi connectivity index (χ2v) is 3.12. The third kappa shape index (κ3) is 1.38. The number of anilines is 1. The topological polar surface area (TPSA) is 61.7 Å². The van der Waals surface area contributed by atoms with Crippen LogP contribution in [0.1, 0.15) is 0 Å². The van der Waals surface area contributed by atoms with Gasteiger partial charge in [-0.3, -0.25) is 4.68 Å². The van der Waals surface area contributed by atoms with Crippen molar-refractivity contribution < 1.29 is 0 Å². The van der Waals surface area contributed by atoms with E-state index in [1.54, 1.807) is 24.1 Å². The van der Waals surface area contributed by atoms with Crippen molar-refractivity contribution in [2.24, 2.45) is 7.05 Å². The first-order valence-electron chi connectivity index (χ1n) is 3.66. The number of rotatable bonds is 1. The Morgan fingerprint density at radius 2 is 2.23 bits per heavy atom. The summed E-state index contributed by atoms with van der Waals surface area (Å²) in [6, 6.07) is 0. The van der Waals surface area contributed by atoms with Crippen molar-refractivity contribution in [3.8, 4) is 5.82 Å². The molecule has 6 heteroatoms. The maximum absolute atomic E-state index is 5.71. The van der Waals surface area contributed by atoms with Crippen LogP contribution in [-0.4, -0.2) is 19.6 Å². The number of hydrogen-bond donors (Lipinski definition) is 1. The quantitative estimate of drug-likeness (QED) is 0.737. The molecule has 68 valence electrons. The zero-order valence-electron chi connectivity index (χ0n) is 6.98. The molecule has 2 aromatic heterocycles. The molecule has 5 nitrogen and oxygen atoms in total. The largest absolute Gasteiger partial charge is 0.394 e. The number of aryl methyl sites for hydroxylation is 1. The van der Waals surface area contributed by atoms with Gasteiger partial charge in [0.2, 0.25) is 0 Å². The summed E-state index contributed by atoms with van der Waals surface area (Å²) in [6.07, 6.45) is 4.90. The summed E-state index contributed by atoms with van der Waals surface area (Å²) >= 11 is 5.71. The molecule has 0 fully saturated rings. The van der Waals surface area contributed by atoms with Gasteiger partial charge in [-0.05, 0) is 0 Å². The Hall–Kier alpha value is -1.49. The van der Waals surface area contributed by atoms with E-state index in [1.165, 1.54) is 10.9 Å². The van der Waals surface area contributed by atoms with Gasteiger partial charge in [-0.15, -0.1) is 0 Å². The molecule has 0 aromatic carbocycles. The van der Waals surface area contributed by atoms with E-state index in [9.17, 15) is 0 Å². The highest BCUT2D eigenvalue weighted by atomic mass is 35.5. The molecule has 0 aliphatic rings. The zero-order chi connectivity index (χ0) is 9.42. The maximum atomic E-state index is 5.71. The maximum Gasteiger partial charge on any atom is 0.198 e. The average molecular weight is 198 g/mol. The summed E-state index contributed by atoms with van der Waals surface area (Å²) in [7, 11) is 1.80. The van der Waals surface area contributed by atoms with Crippen molar-refractivity contribution in [3.63, 3.8) is 0 Å². The lowest BCUT2D eigenvalue weighted by Crippen LogP contribution is -1.99. The lowest BCUT2D eigenvalue weighted by Gasteiger charge is -1.94. The van der Waals surface area contributed by atoms with Crippen LogP contribution in [0, 0.1) is 0 Å². The molecule has 0 radical (unpaired) electrons. The Bertz CT molecular complexity index is 430. The van der Waals surface area contributed by atoms with Crippen LogP contribution in [0.4, 0.5) is 5.69 Å². The van der Waals surface area contributed by atoms with Crippen molar-refractivity contribution >= 4 is 17.3 Å². The molecular weight excluding hydrogens is 190 g/mol. The van der Waals surface area contributed by atoms with Gasteiger partial charge >= 0.3 is 0 Å².